The second kappa shape index (κ2) is 7.85. The fourth-order valence-electron chi connectivity index (χ4n) is 2.81. The average molecular weight is 446 g/mol. The van der Waals surface area contributed by atoms with Crippen LogP contribution in [0.25, 0.3) is 5.65 Å². The molecule has 4 rings (SSSR count). The van der Waals surface area contributed by atoms with Crippen molar-refractivity contribution in [2.45, 2.75) is 18.4 Å². The van der Waals surface area contributed by atoms with Gasteiger partial charge < -0.3 is 9.26 Å². The summed E-state index contributed by atoms with van der Waals surface area (Å²) in [5.41, 5.74) is 0.517. The van der Waals surface area contributed by atoms with Gasteiger partial charge in [-0.25, -0.2) is 13.4 Å². The lowest BCUT2D eigenvalue weighted by Gasteiger charge is -2.14. The van der Waals surface area contributed by atoms with Crippen molar-refractivity contribution in [1.29, 1.82) is 0 Å². The molecule has 10 heteroatoms. The van der Waals surface area contributed by atoms with Crippen molar-refractivity contribution in [2.75, 3.05) is 4.72 Å². The molecule has 0 saturated heterocycles. The van der Waals surface area contributed by atoms with E-state index in [9.17, 15) is 13.2 Å². The van der Waals surface area contributed by atoms with Gasteiger partial charge in [-0.2, -0.15) is 0 Å². The minimum atomic E-state index is -3.84. The molecule has 30 heavy (non-hydrogen) atoms. The van der Waals surface area contributed by atoms with Gasteiger partial charge in [-0.3, -0.25) is 9.52 Å². The fraction of sp³-hybridized carbons (Fsp3) is 0.100. The van der Waals surface area contributed by atoms with Crippen molar-refractivity contribution in [3.8, 4) is 5.75 Å². The largest absolute Gasteiger partial charge is 0.485 e. The maximum Gasteiger partial charge on any atom is 0.287 e. The maximum atomic E-state index is 12.7. The Morgan fingerprint density at radius 3 is 2.67 bits per heavy atom. The number of sulfonamides is 1. The molecular formula is C20H16ClN3O5S. The first kappa shape index (κ1) is 20.0. The van der Waals surface area contributed by atoms with E-state index < -0.39 is 10.0 Å². The van der Waals surface area contributed by atoms with Gasteiger partial charge in [-0.15, -0.1) is 4.57 Å². The quantitative estimate of drug-likeness (QED) is 0.486. The number of hydrogen-bond acceptors (Lipinski definition) is 6. The molecule has 1 N–H and O–H groups in total. The van der Waals surface area contributed by atoms with E-state index in [1.54, 1.807) is 43.3 Å². The number of halogens is 1. The summed E-state index contributed by atoms with van der Waals surface area (Å²) in [6.45, 7) is 1.65. The van der Waals surface area contributed by atoms with Crippen LogP contribution in [-0.2, 0) is 16.6 Å². The van der Waals surface area contributed by atoms with Gasteiger partial charge in [-0.1, -0.05) is 29.8 Å². The van der Waals surface area contributed by atoms with E-state index in [4.69, 9.17) is 20.9 Å². The van der Waals surface area contributed by atoms with Gasteiger partial charge in [-0.05, 0) is 37.3 Å². The number of fused-ring (bicyclic) bond motifs is 1. The molecular weight excluding hydrogens is 430 g/mol. The number of rotatable bonds is 6. The summed E-state index contributed by atoms with van der Waals surface area (Å²) in [7, 11) is -3.84. The molecule has 4 aromatic rings. The van der Waals surface area contributed by atoms with Gasteiger partial charge in [0.1, 0.15) is 18.1 Å². The molecule has 0 spiro atoms. The number of nitrogens with one attached hydrogen (secondary N) is 1. The van der Waals surface area contributed by atoms with Crippen molar-refractivity contribution in [2.24, 2.45) is 0 Å². The van der Waals surface area contributed by atoms with E-state index in [-0.39, 0.29) is 28.5 Å². The summed E-state index contributed by atoms with van der Waals surface area (Å²) in [6.07, 6.45) is 0. The average Bonchev–Trinajstić information content (AvgIpc) is 3.09. The molecule has 2 aromatic carbocycles. The van der Waals surface area contributed by atoms with Crippen molar-refractivity contribution in [3.05, 3.63) is 87.5 Å². The molecule has 0 fully saturated rings. The van der Waals surface area contributed by atoms with E-state index >= 15 is 0 Å². The Morgan fingerprint density at radius 1 is 1.13 bits per heavy atom. The van der Waals surface area contributed by atoms with Gasteiger partial charge in [0.25, 0.3) is 15.6 Å². The highest BCUT2D eigenvalue weighted by Crippen LogP contribution is 2.30. The lowest BCUT2D eigenvalue weighted by molar-refractivity contribution is 0.300. The molecule has 0 amide bonds. The second-order valence-electron chi connectivity index (χ2n) is 6.43. The number of hydrogen-bond donors (Lipinski definition) is 1. The Labute approximate surface area is 176 Å². The Kier molecular flexibility index (Phi) is 5.23. The maximum absolute atomic E-state index is 12.7. The number of nitrogens with zero attached hydrogens (tertiary/aromatic N) is 2. The molecule has 8 nitrogen and oxygen atoms in total. The Hall–Kier alpha value is -3.30. The lowest BCUT2D eigenvalue weighted by Crippen LogP contribution is -2.15. The van der Waals surface area contributed by atoms with Crippen LogP contribution in [0.5, 0.6) is 5.75 Å². The van der Waals surface area contributed by atoms with Crippen LogP contribution in [0.3, 0.4) is 0 Å². The van der Waals surface area contributed by atoms with E-state index in [1.807, 2.05) is 0 Å². The summed E-state index contributed by atoms with van der Waals surface area (Å²) >= 11 is 6.04. The van der Waals surface area contributed by atoms with E-state index in [0.717, 1.165) is 4.57 Å². The summed E-state index contributed by atoms with van der Waals surface area (Å²) in [5, 5.41) is 0.333. The molecule has 0 aliphatic heterocycles. The molecule has 0 unspecified atom stereocenters. The van der Waals surface area contributed by atoms with Crippen molar-refractivity contribution in [1.82, 2.24) is 9.56 Å². The van der Waals surface area contributed by atoms with Gasteiger partial charge in [0.05, 0.1) is 16.3 Å². The van der Waals surface area contributed by atoms with Gasteiger partial charge in [0.15, 0.2) is 5.65 Å². The van der Waals surface area contributed by atoms with Gasteiger partial charge in [0.2, 0.25) is 0 Å². The molecule has 0 aliphatic rings. The zero-order valence-corrected chi connectivity index (χ0v) is 17.3. The first-order valence-electron chi connectivity index (χ1n) is 8.82. The Morgan fingerprint density at radius 2 is 1.90 bits per heavy atom. The summed E-state index contributed by atoms with van der Waals surface area (Å²) in [4.78, 5) is 16.6. The van der Waals surface area contributed by atoms with Crippen LogP contribution < -0.4 is 15.0 Å². The highest BCUT2D eigenvalue weighted by atomic mass is 35.5. The predicted molar refractivity (Wildman–Crippen MR) is 111 cm³/mol. The van der Waals surface area contributed by atoms with Crippen molar-refractivity contribution in [3.63, 3.8) is 0 Å². The smallest absolute Gasteiger partial charge is 0.287 e. The normalized spacial score (nSPS) is 11.5. The Balaban J connectivity index is 1.60. The number of ether oxygens (including phenoxy) is 1. The fourth-order valence-corrected chi connectivity index (χ4v) is 4.06. The number of anilines is 1. The first-order chi connectivity index (χ1) is 14.3. The first-order valence-corrected chi connectivity index (χ1v) is 10.7. The van der Waals surface area contributed by atoms with Crippen LogP contribution in [0.1, 0.15) is 11.5 Å². The number of benzene rings is 2. The second-order valence-corrected chi connectivity index (χ2v) is 8.55. The van der Waals surface area contributed by atoms with Crippen LogP contribution in [0, 0.1) is 6.92 Å². The standard InChI is InChI=1S/C20H16ClN3O5S/c1-13-9-19-22-15(11-20(25)24(19)29-13)12-28-18-8-7-14(21)10-17(18)23-30(26,27)16-5-3-2-4-6-16/h2-11,23H,12H2,1H3. The van der Waals surface area contributed by atoms with E-state index in [0.29, 0.717) is 22.1 Å². The zero-order chi connectivity index (χ0) is 21.3. The van der Waals surface area contributed by atoms with Crippen LogP contribution in [0.15, 0.2) is 74.9 Å². The highest BCUT2D eigenvalue weighted by molar-refractivity contribution is 7.92. The third-order valence-electron chi connectivity index (χ3n) is 4.14. The van der Waals surface area contributed by atoms with E-state index in [1.165, 1.54) is 24.3 Å². The highest BCUT2D eigenvalue weighted by Gasteiger charge is 2.17. The SMILES string of the molecule is Cc1cc2nc(COc3ccc(Cl)cc3NS(=O)(=O)c3ccccc3)cc(=O)n2o1. The summed E-state index contributed by atoms with van der Waals surface area (Å²) in [5.74, 6) is 0.789. The minimum Gasteiger partial charge on any atom is -0.485 e. The van der Waals surface area contributed by atoms with Crippen LogP contribution in [0.4, 0.5) is 5.69 Å². The summed E-state index contributed by atoms with van der Waals surface area (Å²) in [6, 6.07) is 15.4. The zero-order valence-electron chi connectivity index (χ0n) is 15.7. The number of aromatic nitrogens is 2. The van der Waals surface area contributed by atoms with Crippen LogP contribution >= 0.6 is 11.6 Å². The predicted octanol–water partition coefficient (Wildman–Crippen LogP) is 3.63. The molecule has 0 aliphatic carbocycles. The van der Waals surface area contributed by atoms with Crippen LogP contribution in [0.2, 0.25) is 5.02 Å². The summed E-state index contributed by atoms with van der Waals surface area (Å²) < 4.78 is 39.9. The van der Waals surface area contributed by atoms with Crippen molar-refractivity contribution >= 4 is 33.0 Å². The number of aryl methyl sites for hydroxylation is 1. The monoisotopic (exact) mass is 445 g/mol. The molecule has 0 atom stereocenters. The molecule has 2 aromatic heterocycles. The topological polar surface area (TPSA) is 103 Å². The van der Waals surface area contributed by atoms with Crippen molar-refractivity contribution < 1.29 is 17.7 Å². The van der Waals surface area contributed by atoms with Gasteiger partial charge in [0, 0.05) is 17.2 Å². The third-order valence-corrected chi connectivity index (χ3v) is 5.76. The molecule has 0 bridgehead atoms. The van der Waals surface area contributed by atoms with Crippen LogP contribution in [-0.4, -0.2) is 18.0 Å². The molecule has 0 radical (unpaired) electrons. The minimum absolute atomic E-state index is 0.0579. The third kappa shape index (κ3) is 4.17. The molecule has 0 saturated carbocycles. The molecule has 154 valence electrons. The van der Waals surface area contributed by atoms with E-state index in [2.05, 4.69) is 9.71 Å². The van der Waals surface area contributed by atoms with Gasteiger partial charge >= 0.3 is 0 Å². The lowest BCUT2D eigenvalue weighted by atomic mass is 10.3. The Bertz CT molecular complexity index is 1380. The molecule has 2 heterocycles.